The molecular formula is C18H27NO2. The summed E-state index contributed by atoms with van der Waals surface area (Å²) in [5, 5.41) is 9.67. The van der Waals surface area contributed by atoms with Gasteiger partial charge in [0.05, 0.1) is 6.10 Å². The van der Waals surface area contributed by atoms with Gasteiger partial charge >= 0.3 is 0 Å². The maximum Gasteiger partial charge on any atom is 0.223 e. The van der Waals surface area contributed by atoms with Gasteiger partial charge in [-0.15, -0.1) is 0 Å². The van der Waals surface area contributed by atoms with Crippen LogP contribution in [0.25, 0.3) is 0 Å². The van der Waals surface area contributed by atoms with Gasteiger partial charge in [-0.2, -0.15) is 0 Å². The fraction of sp³-hybridized carbons (Fsp3) is 0.611. The van der Waals surface area contributed by atoms with Gasteiger partial charge in [0, 0.05) is 19.5 Å². The molecule has 1 fully saturated rings. The quantitative estimate of drug-likeness (QED) is 0.924. The van der Waals surface area contributed by atoms with Crippen molar-refractivity contribution in [2.75, 3.05) is 13.1 Å². The molecule has 2 atom stereocenters. The fourth-order valence-corrected chi connectivity index (χ4v) is 2.90. The monoisotopic (exact) mass is 289 g/mol. The molecule has 1 aromatic carbocycles. The van der Waals surface area contributed by atoms with E-state index in [2.05, 4.69) is 45.0 Å². The van der Waals surface area contributed by atoms with Crippen LogP contribution in [-0.4, -0.2) is 35.1 Å². The van der Waals surface area contributed by atoms with Crippen molar-refractivity contribution in [3.63, 3.8) is 0 Å². The van der Waals surface area contributed by atoms with Crippen LogP contribution in [0.4, 0.5) is 0 Å². The zero-order valence-electron chi connectivity index (χ0n) is 13.4. The van der Waals surface area contributed by atoms with Crippen molar-refractivity contribution in [3.8, 4) is 0 Å². The van der Waals surface area contributed by atoms with Crippen LogP contribution in [0.15, 0.2) is 24.3 Å². The molecule has 3 heteroatoms. The van der Waals surface area contributed by atoms with Gasteiger partial charge in [-0.1, -0.05) is 45.0 Å². The smallest absolute Gasteiger partial charge is 0.223 e. The molecule has 2 unspecified atom stereocenters. The zero-order valence-corrected chi connectivity index (χ0v) is 13.4. The first kappa shape index (κ1) is 16.0. The van der Waals surface area contributed by atoms with Crippen molar-refractivity contribution < 1.29 is 9.90 Å². The van der Waals surface area contributed by atoms with E-state index in [1.807, 2.05) is 4.90 Å². The normalized spacial score (nSPS) is 20.6. The maximum atomic E-state index is 12.3. The highest BCUT2D eigenvalue weighted by molar-refractivity contribution is 5.77. The Balaban J connectivity index is 1.93. The summed E-state index contributed by atoms with van der Waals surface area (Å²) in [4.78, 5) is 14.1. The van der Waals surface area contributed by atoms with Gasteiger partial charge in [-0.3, -0.25) is 4.79 Å². The summed E-state index contributed by atoms with van der Waals surface area (Å²) in [6, 6.07) is 8.59. The van der Waals surface area contributed by atoms with Crippen molar-refractivity contribution in [2.45, 2.75) is 58.0 Å². The number of aliphatic hydroxyl groups excluding tert-OH is 1. The van der Waals surface area contributed by atoms with Crippen LogP contribution in [0.1, 0.15) is 63.0 Å². The third-order valence-corrected chi connectivity index (χ3v) is 4.40. The first-order valence-electron chi connectivity index (χ1n) is 8.03. The highest BCUT2D eigenvalue weighted by atomic mass is 16.3. The molecule has 2 rings (SSSR count). The standard InChI is InChI=1S/C18H27NO2/c1-13(2)15-6-8-16(9-7-15)14(3)11-18(21)19-10-4-5-17(20)12-19/h6-9,13-14,17,20H,4-5,10-12H2,1-3H3. The predicted molar refractivity (Wildman–Crippen MR) is 85.4 cm³/mol. The molecule has 1 heterocycles. The van der Waals surface area contributed by atoms with E-state index < -0.39 is 0 Å². The van der Waals surface area contributed by atoms with E-state index >= 15 is 0 Å². The summed E-state index contributed by atoms with van der Waals surface area (Å²) < 4.78 is 0. The lowest BCUT2D eigenvalue weighted by Gasteiger charge is -2.31. The predicted octanol–water partition coefficient (Wildman–Crippen LogP) is 3.29. The summed E-state index contributed by atoms with van der Waals surface area (Å²) in [6.45, 7) is 7.75. The molecule has 1 aromatic rings. The van der Waals surface area contributed by atoms with Gasteiger partial charge in [0.15, 0.2) is 0 Å². The Kier molecular flexibility index (Phi) is 5.40. The Labute approximate surface area is 128 Å². The second-order valence-corrected chi connectivity index (χ2v) is 6.56. The van der Waals surface area contributed by atoms with Crippen LogP contribution in [0.3, 0.4) is 0 Å². The number of β-amino-alcohol motifs (C(OH)–C–C–N with tert-alkyl or cyclic N) is 1. The Morgan fingerprint density at radius 2 is 1.86 bits per heavy atom. The topological polar surface area (TPSA) is 40.5 Å². The van der Waals surface area contributed by atoms with Crippen molar-refractivity contribution in [3.05, 3.63) is 35.4 Å². The number of hydrogen-bond donors (Lipinski definition) is 1. The van der Waals surface area contributed by atoms with Crippen LogP contribution in [-0.2, 0) is 4.79 Å². The summed E-state index contributed by atoms with van der Waals surface area (Å²) in [5.74, 6) is 0.915. The fourth-order valence-electron chi connectivity index (χ4n) is 2.90. The van der Waals surface area contributed by atoms with Gasteiger partial charge in [-0.25, -0.2) is 0 Å². The molecule has 3 nitrogen and oxygen atoms in total. The van der Waals surface area contributed by atoms with E-state index in [9.17, 15) is 9.90 Å². The number of likely N-dealkylation sites (tertiary alicyclic amines) is 1. The molecular weight excluding hydrogens is 262 g/mol. The van der Waals surface area contributed by atoms with E-state index in [1.165, 1.54) is 11.1 Å². The van der Waals surface area contributed by atoms with Gasteiger partial charge in [0.25, 0.3) is 0 Å². The lowest BCUT2D eigenvalue weighted by atomic mass is 9.93. The molecule has 1 amide bonds. The number of hydrogen-bond acceptors (Lipinski definition) is 2. The molecule has 1 aliphatic heterocycles. The molecule has 0 radical (unpaired) electrons. The van der Waals surface area contributed by atoms with Crippen LogP contribution < -0.4 is 0 Å². The number of piperidine rings is 1. The molecule has 1 N–H and O–H groups in total. The molecule has 0 spiro atoms. The number of carbonyl (C=O) groups is 1. The van der Waals surface area contributed by atoms with Gasteiger partial charge in [-0.05, 0) is 35.8 Å². The van der Waals surface area contributed by atoms with E-state index in [0.717, 1.165) is 19.4 Å². The average molecular weight is 289 g/mol. The van der Waals surface area contributed by atoms with Crippen molar-refractivity contribution in [1.29, 1.82) is 0 Å². The molecule has 1 aliphatic rings. The van der Waals surface area contributed by atoms with Crippen molar-refractivity contribution >= 4 is 5.91 Å². The Bertz CT molecular complexity index is 467. The Hall–Kier alpha value is -1.35. The summed E-state index contributed by atoms with van der Waals surface area (Å²) in [6.07, 6.45) is 1.90. The number of amides is 1. The molecule has 0 aromatic heterocycles. The van der Waals surface area contributed by atoms with E-state index in [1.54, 1.807) is 0 Å². The van der Waals surface area contributed by atoms with Crippen LogP contribution in [0.5, 0.6) is 0 Å². The Morgan fingerprint density at radius 3 is 2.43 bits per heavy atom. The highest BCUT2D eigenvalue weighted by Gasteiger charge is 2.23. The largest absolute Gasteiger partial charge is 0.391 e. The minimum absolute atomic E-state index is 0.161. The van der Waals surface area contributed by atoms with Gasteiger partial charge in [0.2, 0.25) is 5.91 Å². The molecule has 116 valence electrons. The van der Waals surface area contributed by atoms with E-state index in [4.69, 9.17) is 0 Å². The lowest BCUT2D eigenvalue weighted by molar-refractivity contribution is -0.134. The molecule has 0 saturated carbocycles. The number of nitrogens with zero attached hydrogens (tertiary/aromatic N) is 1. The lowest BCUT2D eigenvalue weighted by Crippen LogP contribution is -2.42. The van der Waals surface area contributed by atoms with Crippen LogP contribution in [0, 0.1) is 0 Å². The molecule has 1 saturated heterocycles. The first-order chi connectivity index (χ1) is 9.97. The van der Waals surface area contributed by atoms with E-state index in [-0.39, 0.29) is 17.9 Å². The number of carbonyl (C=O) groups excluding carboxylic acids is 1. The molecule has 0 aliphatic carbocycles. The molecule has 0 bridgehead atoms. The van der Waals surface area contributed by atoms with E-state index in [0.29, 0.717) is 18.9 Å². The SMILES string of the molecule is CC(C)c1ccc(C(C)CC(=O)N2CCCC(O)C2)cc1. The summed E-state index contributed by atoms with van der Waals surface area (Å²) >= 11 is 0. The minimum atomic E-state index is -0.344. The van der Waals surface area contributed by atoms with Crippen molar-refractivity contribution in [1.82, 2.24) is 4.90 Å². The highest BCUT2D eigenvalue weighted by Crippen LogP contribution is 2.23. The Morgan fingerprint density at radius 1 is 1.24 bits per heavy atom. The minimum Gasteiger partial charge on any atom is -0.391 e. The summed E-state index contributed by atoms with van der Waals surface area (Å²) in [5.41, 5.74) is 2.54. The van der Waals surface area contributed by atoms with Gasteiger partial charge < -0.3 is 10.0 Å². The van der Waals surface area contributed by atoms with Crippen LogP contribution >= 0.6 is 0 Å². The summed E-state index contributed by atoms with van der Waals surface area (Å²) in [7, 11) is 0. The maximum absolute atomic E-state index is 12.3. The van der Waals surface area contributed by atoms with Crippen molar-refractivity contribution in [2.24, 2.45) is 0 Å². The second-order valence-electron chi connectivity index (χ2n) is 6.56. The van der Waals surface area contributed by atoms with Crippen LogP contribution in [0.2, 0.25) is 0 Å². The number of rotatable bonds is 4. The third-order valence-electron chi connectivity index (χ3n) is 4.40. The average Bonchev–Trinajstić information content (AvgIpc) is 2.47. The number of aliphatic hydroxyl groups is 1. The molecule has 21 heavy (non-hydrogen) atoms. The second kappa shape index (κ2) is 7.08. The third kappa shape index (κ3) is 4.31. The number of benzene rings is 1. The first-order valence-corrected chi connectivity index (χ1v) is 8.03. The zero-order chi connectivity index (χ0) is 15.4. The van der Waals surface area contributed by atoms with Gasteiger partial charge in [0.1, 0.15) is 0 Å².